The summed E-state index contributed by atoms with van der Waals surface area (Å²) in [4.78, 5) is 0. The van der Waals surface area contributed by atoms with Gasteiger partial charge in [-0.25, -0.2) is 0 Å². The molecule has 0 spiro atoms. The molecule has 2 aliphatic carbocycles. The summed E-state index contributed by atoms with van der Waals surface area (Å²) in [6.07, 6.45) is 4.33. The van der Waals surface area contributed by atoms with Crippen molar-refractivity contribution in [3.63, 3.8) is 0 Å². The molecule has 2 aromatic carbocycles. The third-order valence-corrected chi connectivity index (χ3v) is 4.97. The summed E-state index contributed by atoms with van der Waals surface area (Å²) in [5.74, 6) is 0. The number of hydrogen-bond donors (Lipinski definition) is 1. The van der Waals surface area contributed by atoms with E-state index in [2.05, 4.69) is 55.6 Å². The van der Waals surface area contributed by atoms with Gasteiger partial charge in [-0.1, -0.05) is 38.1 Å². The molecule has 1 N–H and O–H groups in total. The zero-order valence-corrected chi connectivity index (χ0v) is 14.1. The molecule has 0 bridgehead atoms. The van der Waals surface area contributed by atoms with Crippen molar-refractivity contribution in [1.29, 1.82) is 5.26 Å². The monoisotopic (exact) mass is 312 g/mol. The number of allylic oxidation sites excluding steroid dienone is 4. The lowest BCUT2D eigenvalue weighted by Crippen LogP contribution is -2.21. The Kier molecular flexibility index (Phi) is 3.32. The number of nitriles is 1. The van der Waals surface area contributed by atoms with Crippen LogP contribution in [0.25, 0.3) is 5.57 Å². The van der Waals surface area contributed by atoms with Crippen molar-refractivity contribution >= 4 is 11.3 Å². The molecular weight excluding hydrogens is 292 g/mol. The Morgan fingerprint density at radius 1 is 1.04 bits per heavy atom. The fourth-order valence-corrected chi connectivity index (χ4v) is 4.03. The van der Waals surface area contributed by atoms with Gasteiger partial charge in [-0.15, -0.1) is 0 Å². The SMILES string of the molecule is CC1(C)CC(Nc2ccc(C#N)cc2)=CC2=C1c1ccccc1C2. The maximum absolute atomic E-state index is 8.92. The van der Waals surface area contributed by atoms with E-state index < -0.39 is 0 Å². The molecule has 0 radical (unpaired) electrons. The molecule has 2 aliphatic rings. The summed E-state index contributed by atoms with van der Waals surface area (Å²) in [6.45, 7) is 4.66. The number of rotatable bonds is 2. The van der Waals surface area contributed by atoms with E-state index in [0.29, 0.717) is 5.56 Å². The van der Waals surface area contributed by atoms with Crippen LogP contribution in [0.15, 0.2) is 65.9 Å². The first-order valence-corrected chi connectivity index (χ1v) is 8.36. The zero-order valence-electron chi connectivity index (χ0n) is 14.1. The van der Waals surface area contributed by atoms with Gasteiger partial charge in [-0.2, -0.15) is 5.26 Å². The quantitative estimate of drug-likeness (QED) is 0.817. The van der Waals surface area contributed by atoms with Gasteiger partial charge in [0.1, 0.15) is 0 Å². The molecule has 0 saturated carbocycles. The number of benzene rings is 2. The Balaban J connectivity index is 1.67. The van der Waals surface area contributed by atoms with E-state index in [1.165, 1.54) is 28.0 Å². The van der Waals surface area contributed by atoms with Gasteiger partial charge in [-0.3, -0.25) is 0 Å². The molecule has 2 heteroatoms. The van der Waals surface area contributed by atoms with Crippen LogP contribution < -0.4 is 5.32 Å². The Labute approximate surface area is 143 Å². The second-order valence-corrected chi connectivity index (χ2v) is 7.28. The predicted octanol–water partition coefficient (Wildman–Crippen LogP) is 5.29. The summed E-state index contributed by atoms with van der Waals surface area (Å²) < 4.78 is 0. The normalized spacial score (nSPS) is 17.6. The molecule has 4 rings (SSSR count). The second-order valence-electron chi connectivity index (χ2n) is 7.28. The van der Waals surface area contributed by atoms with Crippen molar-refractivity contribution in [3.05, 3.63) is 82.6 Å². The van der Waals surface area contributed by atoms with Crippen LogP contribution in [0.5, 0.6) is 0 Å². The lowest BCUT2D eigenvalue weighted by Gasteiger charge is -2.33. The largest absolute Gasteiger partial charge is 0.359 e. The van der Waals surface area contributed by atoms with E-state index >= 15 is 0 Å². The lowest BCUT2D eigenvalue weighted by atomic mass is 9.73. The minimum absolute atomic E-state index is 0.117. The topological polar surface area (TPSA) is 35.8 Å². The van der Waals surface area contributed by atoms with E-state index in [-0.39, 0.29) is 5.41 Å². The van der Waals surface area contributed by atoms with Crippen molar-refractivity contribution in [1.82, 2.24) is 0 Å². The smallest absolute Gasteiger partial charge is 0.0991 e. The molecular formula is C22H20N2. The lowest BCUT2D eigenvalue weighted by molar-refractivity contribution is 0.490. The molecule has 0 fully saturated rings. The van der Waals surface area contributed by atoms with E-state index in [9.17, 15) is 0 Å². The molecule has 0 unspecified atom stereocenters. The maximum Gasteiger partial charge on any atom is 0.0991 e. The van der Waals surface area contributed by atoms with Crippen molar-refractivity contribution in [2.24, 2.45) is 5.41 Å². The number of fused-ring (bicyclic) bond motifs is 2. The van der Waals surface area contributed by atoms with Gasteiger partial charge in [0, 0.05) is 11.4 Å². The maximum atomic E-state index is 8.92. The average molecular weight is 312 g/mol. The minimum Gasteiger partial charge on any atom is -0.359 e. The van der Waals surface area contributed by atoms with Crippen LogP contribution in [-0.2, 0) is 6.42 Å². The summed E-state index contributed by atoms with van der Waals surface area (Å²) in [7, 11) is 0. The number of hydrogen-bond acceptors (Lipinski definition) is 2. The molecule has 24 heavy (non-hydrogen) atoms. The third-order valence-electron chi connectivity index (χ3n) is 4.97. The number of nitrogens with one attached hydrogen (secondary N) is 1. The number of nitrogens with zero attached hydrogens (tertiary/aromatic N) is 1. The Morgan fingerprint density at radius 2 is 1.79 bits per heavy atom. The van der Waals surface area contributed by atoms with Crippen molar-refractivity contribution in [2.45, 2.75) is 26.7 Å². The van der Waals surface area contributed by atoms with Gasteiger partial charge in [0.05, 0.1) is 11.6 Å². The first-order valence-electron chi connectivity index (χ1n) is 8.36. The van der Waals surface area contributed by atoms with E-state index in [1.807, 2.05) is 24.3 Å². The third kappa shape index (κ3) is 2.43. The molecule has 0 amide bonds. The van der Waals surface area contributed by atoms with E-state index in [0.717, 1.165) is 18.5 Å². The molecule has 2 nitrogen and oxygen atoms in total. The molecule has 118 valence electrons. The van der Waals surface area contributed by atoms with Crippen LogP contribution in [0.3, 0.4) is 0 Å². The first kappa shape index (κ1) is 14.8. The van der Waals surface area contributed by atoms with Crippen LogP contribution in [0.2, 0.25) is 0 Å². The van der Waals surface area contributed by atoms with Crippen molar-refractivity contribution in [3.8, 4) is 6.07 Å². The van der Waals surface area contributed by atoms with Gasteiger partial charge in [-0.05, 0) is 70.9 Å². The van der Waals surface area contributed by atoms with Gasteiger partial charge >= 0.3 is 0 Å². The van der Waals surface area contributed by atoms with Crippen LogP contribution in [-0.4, -0.2) is 0 Å². The highest BCUT2D eigenvalue weighted by Gasteiger charge is 2.35. The van der Waals surface area contributed by atoms with Gasteiger partial charge in [0.2, 0.25) is 0 Å². The summed E-state index contributed by atoms with van der Waals surface area (Å²) in [6, 6.07) is 18.6. The van der Waals surface area contributed by atoms with E-state index in [1.54, 1.807) is 0 Å². The predicted molar refractivity (Wildman–Crippen MR) is 98.3 cm³/mol. The summed E-state index contributed by atoms with van der Waals surface area (Å²) in [5, 5.41) is 12.5. The van der Waals surface area contributed by atoms with Crippen molar-refractivity contribution in [2.75, 3.05) is 5.32 Å². The van der Waals surface area contributed by atoms with Crippen LogP contribution in [0.1, 0.15) is 37.0 Å². The van der Waals surface area contributed by atoms with Crippen LogP contribution >= 0.6 is 0 Å². The van der Waals surface area contributed by atoms with Gasteiger partial charge < -0.3 is 5.32 Å². The molecule has 2 aromatic rings. The van der Waals surface area contributed by atoms with Crippen LogP contribution in [0, 0.1) is 16.7 Å². The summed E-state index contributed by atoms with van der Waals surface area (Å²) >= 11 is 0. The number of anilines is 1. The Bertz CT molecular complexity index is 906. The molecule has 0 saturated heterocycles. The average Bonchev–Trinajstić information content (AvgIpc) is 2.94. The molecule has 0 heterocycles. The highest BCUT2D eigenvalue weighted by Crippen LogP contribution is 2.50. The second kappa shape index (κ2) is 5.39. The first-order chi connectivity index (χ1) is 11.6. The highest BCUT2D eigenvalue weighted by atomic mass is 14.9. The van der Waals surface area contributed by atoms with Gasteiger partial charge in [0.15, 0.2) is 0 Å². The van der Waals surface area contributed by atoms with E-state index in [4.69, 9.17) is 5.26 Å². The molecule has 0 atom stereocenters. The zero-order chi connectivity index (χ0) is 16.7. The summed E-state index contributed by atoms with van der Waals surface area (Å²) in [5.41, 5.74) is 8.89. The molecule has 0 aliphatic heterocycles. The fraction of sp³-hybridized carbons (Fsp3) is 0.227. The minimum atomic E-state index is 0.117. The molecule has 0 aromatic heterocycles. The van der Waals surface area contributed by atoms with Crippen molar-refractivity contribution < 1.29 is 0 Å². The Morgan fingerprint density at radius 3 is 2.54 bits per heavy atom. The highest BCUT2D eigenvalue weighted by molar-refractivity contribution is 5.83. The fourth-order valence-electron chi connectivity index (χ4n) is 4.03. The van der Waals surface area contributed by atoms with Gasteiger partial charge in [0.25, 0.3) is 0 Å². The Hall–Kier alpha value is -2.79. The van der Waals surface area contributed by atoms with Crippen LogP contribution in [0.4, 0.5) is 5.69 Å². The standard InChI is InChI=1S/C22H20N2/c1-22(2)13-19(24-18-9-7-15(14-23)8-10-18)12-17-11-16-5-3-4-6-20(16)21(17)22/h3-10,12,24H,11,13H2,1-2H3.